The van der Waals surface area contributed by atoms with Crippen molar-refractivity contribution in [1.29, 1.82) is 0 Å². The van der Waals surface area contributed by atoms with Gasteiger partial charge in [0.1, 0.15) is 5.75 Å². The van der Waals surface area contributed by atoms with Gasteiger partial charge in [-0.1, -0.05) is 73.4 Å². The van der Waals surface area contributed by atoms with Gasteiger partial charge < -0.3 is 24.8 Å². The maximum atomic E-state index is 13.7. The summed E-state index contributed by atoms with van der Waals surface area (Å²) in [6.07, 6.45) is 18.7. The Morgan fingerprint density at radius 3 is 2.10 bits per heavy atom. The number of urea groups is 1. The molecule has 0 bridgehead atoms. The van der Waals surface area contributed by atoms with Gasteiger partial charge in [0.25, 0.3) is 15.9 Å². The van der Waals surface area contributed by atoms with Crippen molar-refractivity contribution >= 4 is 76.8 Å². The molecule has 0 saturated carbocycles. The highest BCUT2D eigenvalue weighted by molar-refractivity contribution is 9.10. The van der Waals surface area contributed by atoms with Crippen LogP contribution in [0, 0.1) is 0 Å². The smallest absolute Gasteiger partial charge is 0.333 e. The van der Waals surface area contributed by atoms with Crippen LogP contribution >= 0.6 is 31.9 Å². The number of nitrogens with one attached hydrogen (secondary N) is 2. The first-order valence-corrected chi connectivity index (χ1v) is 24.2. The molecule has 0 unspecified atom stereocenters. The third-order valence-electron chi connectivity index (χ3n) is 11.7. The minimum atomic E-state index is -4.05. The van der Waals surface area contributed by atoms with E-state index in [0.717, 1.165) is 115 Å². The van der Waals surface area contributed by atoms with E-state index >= 15 is 0 Å². The van der Waals surface area contributed by atoms with E-state index in [0.29, 0.717) is 34.7 Å². The summed E-state index contributed by atoms with van der Waals surface area (Å²) in [5.41, 5.74) is 8.82. The minimum absolute atomic E-state index is 0.0133. The highest BCUT2D eigenvalue weighted by atomic mass is 79.9. The van der Waals surface area contributed by atoms with E-state index in [4.69, 9.17) is 9.47 Å². The van der Waals surface area contributed by atoms with Gasteiger partial charge in [0.05, 0.1) is 28.8 Å². The average molecular weight is 964 g/mol. The standard InChI is InChI=1S/C47H53Br2N3O7S/c1-58-43-28-31(27-41(49)45(43)53)26-40-39-30-34(48)18-23-42(39)52(46(40)54)24-10-8-6-4-2-3-5-7-9-11-25-59-35-19-21-36(22-20-35)60(56,57)51-47(55)50-44-37-16-12-14-32(37)29-33-15-13-17-38(33)44/h18-23,26-30,53H,2-17,24-25H2,1H3,(H2,50,51,55)/b40-26+. The van der Waals surface area contributed by atoms with Crippen LogP contribution in [-0.2, 0) is 40.5 Å². The van der Waals surface area contributed by atoms with Gasteiger partial charge in [-0.05, 0) is 156 Å². The number of carbonyl (C=O) groups is 2. The maximum absolute atomic E-state index is 13.7. The number of benzene rings is 4. The van der Waals surface area contributed by atoms with Gasteiger partial charge in [-0.15, -0.1) is 0 Å². The summed E-state index contributed by atoms with van der Waals surface area (Å²) in [5, 5.41) is 13.1. The van der Waals surface area contributed by atoms with Gasteiger partial charge in [0.15, 0.2) is 11.5 Å². The predicted octanol–water partition coefficient (Wildman–Crippen LogP) is 11.3. The van der Waals surface area contributed by atoms with E-state index in [-0.39, 0.29) is 16.6 Å². The molecule has 0 fully saturated rings. The Labute approximate surface area is 370 Å². The number of phenolic OH excluding ortho intramolecular Hbond substituents is 1. The Kier molecular flexibility index (Phi) is 14.6. The van der Waals surface area contributed by atoms with Crippen molar-refractivity contribution < 1.29 is 32.6 Å². The van der Waals surface area contributed by atoms with E-state index in [1.807, 2.05) is 29.2 Å². The number of methoxy groups -OCH3 is 1. The van der Waals surface area contributed by atoms with E-state index < -0.39 is 16.1 Å². The SMILES string of the molecule is COc1cc(/C=C2/C(=O)N(CCCCCCCCCCCCOc3ccc(S(=O)(=O)NC(=O)Nc4c5c(cc6c4CCC6)CCC5)cc3)c3ccc(Br)cc32)cc(Br)c1O. The number of phenols is 1. The van der Waals surface area contributed by atoms with Crippen LogP contribution in [-0.4, -0.2) is 45.7 Å². The Bertz CT molecular complexity index is 2330. The number of fused-ring (bicyclic) bond motifs is 3. The monoisotopic (exact) mass is 961 g/mol. The fraction of sp³-hybridized carbons (Fsp3) is 0.404. The summed E-state index contributed by atoms with van der Waals surface area (Å²) in [5.74, 6) is 0.931. The molecular formula is C47H53Br2N3O7S. The molecule has 0 saturated heterocycles. The summed E-state index contributed by atoms with van der Waals surface area (Å²) in [7, 11) is -2.55. The van der Waals surface area contributed by atoms with Crippen molar-refractivity contribution in [2.24, 2.45) is 0 Å². The largest absolute Gasteiger partial charge is 0.503 e. The molecule has 0 radical (unpaired) electrons. The number of rotatable bonds is 19. The van der Waals surface area contributed by atoms with Crippen LogP contribution in [0.15, 0.2) is 74.5 Å². The normalized spacial score (nSPS) is 14.9. The Hall–Kier alpha value is -4.33. The number of aryl methyl sites for hydroxylation is 2. The minimum Gasteiger partial charge on any atom is -0.503 e. The van der Waals surface area contributed by atoms with Crippen molar-refractivity contribution in [3.63, 3.8) is 0 Å². The number of ether oxygens (including phenoxy) is 2. The second-order valence-electron chi connectivity index (χ2n) is 15.9. The summed E-state index contributed by atoms with van der Waals surface area (Å²) in [6.45, 7) is 1.21. The number of hydrogen-bond donors (Lipinski definition) is 3. The third kappa shape index (κ3) is 10.4. The third-order valence-corrected chi connectivity index (χ3v) is 14.2. The molecule has 1 heterocycles. The zero-order chi connectivity index (χ0) is 42.2. The van der Waals surface area contributed by atoms with Crippen molar-refractivity contribution in [3.8, 4) is 17.2 Å². The Morgan fingerprint density at radius 1 is 0.817 bits per heavy atom. The van der Waals surface area contributed by atoms with Crippen LogP contribution in [0.2, 0.25) is 0 Å². The van der Waals surface area contributed by atoms with E-state index in [1.54, 1.807) is 24.3 Å². The summed E-state index contributed by atoms with van der Waals surface area (Å²) in [4.78, 5) is 28.5. The molecule has 3 N–H and O–H groups in total. The lowest BCUT2D eigenvalue weighted by Crippen LogP contribution is -2.35. The molecule has 60 heavy (non-hydrogen) atoms. The number of sulfonamides is 1. The highest BCUT2D eigenvalue weighted by Gasteiger charge is 2.32. The van der Waals surface area contributed by atoms with Crippen LogP contribution in [0.5, 0.6) is 17.2 Å². The number of anilines is 2. The number of carbonyl (C=O) groups excluding carboxylic acids is 2. The predicted molar refractivity (Wildman–Crippen MR) is 245 cm³/mol. The average Bonchev–Trinajstić information content (AvgIpc) is 3.96. The lowest BCUT2D eigenvalue weighted by atomic mass is 9.99. The van der Waals surface area contributed by atoms with Crippen LogP contribution in [0.1, 0.15) is 110 Å². The van der Waals surface area contributed by atoms with E-state index in [9.17, 15) is 23.1 Å². The topological polar surface area (TPSA) is 134 Å². The van der Waals surface area contributed by atoms with Crippen molar-refractivity contribution in [1.82, 2.24) is 4.72 Å². The number of halogens is 2. The number of hydrogen-bond acceptors (Lipinski definition) is 7. The molecule has 0 spiro atoms. The zero-order valence-electron chi connectivity index (χ0n) is 34.1. The fourth-order valence-corrected chi connectivity index (χ4v) is 10.4. The fourth-order valence-electron chi connectivity index (χ4n) is 8.67. The highest BCUT2D eigenvalue weighted by Crippen LogP contribution is 2.42. The lowest BCUT2D eigenvalue weighted by Gasteiger charge is -2.17. The number of amides is 3. The number of nitrogens with zero attached hydrogens (tertiary/aromatic N) is 1. The van der Waals surface area contributed by atoms with Crippen LogP contribution in [0.4, 0.5) is 16.2 Å². The van der Waals surface area contributed by atoms with Crippen LogP contribution < -0.4 is 24.4 Å². The van der Waals surface area contributed by atoms with Gasteiger partial charge >= 0.3 is 6.03 Å². The molecule has 7 rings (SSSR count). The molecule has 3 amide bonds. The van der Waals surface area contributed by atoms with Gasteiger partial charge in [-0.2, -0.15) is 0 Å². The molecule has 0 atom stereocenters. The molecule has 1 aliphatic heterocycles. The molecule has 2 aliphatic carbocycles. The first-order chi connectivity index (χ1) is 29.0. The Balaban J connectivity index is 0.755. The van der Waals surface area contributed by atoms with Crippen molar-refractivity contribution in [3.05, 3.63) is 103 Å². The lowest BCUT2D eigenvalue weighted by molar-refractivity contribution is -0.113. The van der Waals surface area contributed by atoms with Gasteiger partial charge in [0.2, 0.25) is 0 Å². The Morgan fingerprint density at radius 2 is 1.45 bits per heavy atom. The maximum Gasteiger partial charge on any atom is 0.333 e. The number of unbranched alkanes of at least 4 members (excludes halogenated alkanes) is 9. The second kappa shape index (κ2) is 20.0. The molecule has 10 nitrogen and oxygen atoms in total. The molecule has 4 aromatic rings. The van der Waals surface area contributed by atoms with Crippen LogP contribution in [0.25, 0.3) is 11.6 Å². The summed E-state index contributed by atoms with van der Waals surface area (Å²) in [6, 6.07) is 17.2. The van der Waals surface area contributed by atoms with Crippen molar-refractivity contribution in [2.75, 3.05) is 30.5 Å². The van der Waals surface area contributed by atoms with E-state index in [2.05, 4.69) is 48.0 Å². The zero-order valence-corrected chi connectivity index (χ0v) is 38.1. The molecule has 318 valence electrons. The van der Waals surface area contributed by atoms with Gasteiger partial charge in [-0.3, -0.25) is 4.79 Å². The van der Waals surface area contributed by atoms with E-state index in [1.165, 1.54) is 56.1 Å². The van der Waals surface area contributed by atoms with Gasteiger partial charge in [0, 0.05) is 27.8 Å². The van der Waals surface area contributed by atoms with Crippen LogP contribution in [0.3, 0.4) is 0 Å². The number of aromatic hydroxyl groups is 1. The molecule has 3 aliphatic rings. The van der Waals surface area contributed by atoms with Gasteiger partial charge in [-0.25, -0.2) is 17.9 Å². The van der Waals surface area contributed by atoms with Crippen molar-refractivity contribution in [2.45, 2.75) is 108 Å². The first-order valence-electron chi connectivity index (χ1n) is 21.2. The summed E-state index contributed by atoms with van der Waals surface area (Å²) < 4.78 is 40.9. The molecular weight excluding hydrogens is 910 g/mol. The summed E-state index contributed by atoms with van der Waals surface area (Å²) >= 11 is 6.94. The molecule has 4 aromatic carbocycles. The molecule has 0 aromatic heterocycles. The first kappa shape index (κ1) is 43.7. The second-order valence-corrected chi connectivity index (χ2v) is 19.3. The molecule has 13 heteroatoms. The quantitative estimate of drug-likeness (QED) is 0.0629.